The number of carbonyl (C=O) groups is 1. The summed E-state index contributed by atoms with van der Waals surface area (Å²) in [6, 6.07) is 7.31. The fourth-order valence-corrected chi connectivity index (χ4v) is 1.39. The van der Waals surface area contributed by atoms with E-state index in [0.29, 0.717) is 5.56 Å². The maximum absolute atomic E-state index is 12.4. The smallest absolute Gasteiger partial charge is 0.388 e. The maximum Gasteiger partial charge on any atom is 0.388 e. The number of esters is 1. The molecule has 5 heteroatoms. The van der Waals surface area contributed by atoms with Gasteiger partial charge < -0.3 is 4.74 Å². The third-order valence-corrected chi connectivity index (χ3v) is 2.36. The summed E-state index contributed by atoms with van der Waals surface area (Å²) in [5.41, 5.74) is 1.85. The van der Waals surface area contributed by atoms with E-state index in [9.17, 15) is 13.6 Å². The number of alkyl halides is 2. The van der Waals surface area contributed by atoms with Crippen molar-refractivity contribution in [3.05, 3.63) is 35.4 Å². The number of aryl methyl sites for hydroxylation is 1. The van der Waals surface area contributed by atoms with Crippen LogP contribution in [0.1, 0.15) is 24.5 Å². The third kappa shape index (κ3) is 4.73. The van der Waals surface area contributed by atoms with Gasteiger partial charge in [-0.15, -0.1) is 0 Å². The van der Waals surface area contributed by atoms with E-state index in [1.165, 1.54) is 5.56 Å². The molecule has 1 aromatic rings. The topological polar surface area (TPSA) is 26.3 Å². The van der Waals surface area contributed by atoms with E-state index in [1.54, 1.807) is 12.1 Å². The van der Waals surface area contributed by atoms with Crippen LogP contribution in [-0.4, -0.2) is 11.2 Å². The second kappa shape index (κ2) is 6.00. The van der Waals surface area contributed by atoms with Crippen molar-refractivity contribution >= 4 is 18.6 Å². The summed E-state index contributed by atoms with van der Waals surface area (Å²) < 4.78 is 29.2. The molecular weight excluding hydrogens is 246 g/mol. The molecule has 17 heavy (non-hydrogen) atoms. The van der Waals surface area contributed by atoms with Crippen molar-refractivity contribution in [3.8, 4) is 0 Å². The van der Waals surface area contributed by atoms with Crippen molar-refractivity contribution in [1.82, 2.24) is 0 Å². The fraction of sp³-hybridized carbons (Fsp3) is 0.417. The van der Waals surface area contributed by atoms with E-state index < -0.39 is 11.2 Å². The molecule has 0 aliphatic rings. The third-order valence-electron chi connectivity index (χ3n) is 2.18. The molecule has 1 aromatic carbocycles. The minimum atomic E-state index is -3.73. The quantitative estimate of drug-likeness (QED) is 0.650. The summed E-state index contributed by atoms with van der Waals surface area (Å²) >= 11 is 2.83. The molecule has 94 valence electrons. The van der Waals surface area contributed by atoms with Crippen molar-refractivity contribution < 1.29 is 18.3 Å². The molecule has 0 bridgehead atoms. The molecule has 0 unspecified atom stereocenters. The van der Waals surface area contributed by atoms with Crippen molar-refractivity contribution in [2.45, 2.75) is 31.6 Å². The Morgan fingerprint density at radius 2 is 1.82 bits per heavy atom. The number of ether oxygens (including phenoxy) is 1. The molecule has 0 aliphatic heterocycles. The van der Waals surface area contributed by atoms with Crippen LogP contribution in [0.3, 0.4) is 0 Å². The molecule has 0 N–H and O–H groups in total. The van der Waals surface area contributed by atoms with Crippen LogP contribution in [0.15, 0.2) is 24.3 Å². The number of halogens is 2. The first-order chi connectivity index (χ1) is 7.93. The fourth-order valence-electron chi connectivity index (χ4n) is 1.33. The number of hydrogen-bond donors (Lipinski definition) is 1. The van der Waals surface area contributed by atoms with Gasteiger partial charge >= 0.3 is 11.2 Å². The Balaban J connectivity index is 2.50. The van der Waals surface area contributed by atoms with Crippen LogP contribution in [-0.2, 0) is 22.6 Å². The Labute approximate surface area is 104 Å². The molecule has 1 rings (SSSR count). The highest BCUT2D eigenvalue weighted by atomic mass is 32.1. The highest BCUT2D eigenvalue weighted by molar-refractivity contribution is 7.82. The highest BCUT2D eigenvalue weighted by Crippen LogP contribution is 2.20. The Morgan fingerprint density at radius 1 is 1.29 bits per heavy atom. The summed E-state index contributed by atoms with van der Waals surface area (Å²) in [5, 5.41) is -3.73. The summed E-state index contributed by atoms with van der Waals surface area (Å²) in [6.07, 6.45) is 2.01. The van der Waals surface area contributed by atoms with Crippen molar-refractivity contribution in [2.24, 2.45) is 0 Å². The molecule has 2 nitrogen and oxygen atoms in total. The van der Waals surface area contributed by atoms with Gasteiger partial charge in [0.05, 0.1) is 0 Å². The van der Waals surface area contributed by atoms with Crippen LogP contribution in [0.5, 0.6) is 0 Å². The summed E-state index contributed by atoms with van der Waals surface area (Å²) in [5.74, 6) is -1.63. The number of carbonyl (C=O) groups excluding carboxylic acids is 1. The van der Waals surface area contributed by atoms with Crippen LogP contribution >= 0.6 is 12.6 Å². The van der Waals surface area contributed by atoms with Gasteiger partial charge in [-0.05, 0) is 17.5 Å². The normalized spacial score (nSPS) is 11.3. The van der Waals surface area contributed by atoms with Crippen molar-refractivity contribution in [2.75, 3.05) is 0 Å². The number of benzene rings is 1. The molecule has 0 saturated carbocycles. The highest BCUT2D eigenvalue weighted by Gasteiger charge is 2.35. The molecule has 0 atom stereocenters. The van der Waals surface area contributed by atoms with Crippen molar-refractivity contribution in [3.63, 3.8) is 0 Å². The average molecular weight is 260 g/mol. The van der Waals surface area contributed by atoms with Gasteiger partial charge in [0, 0.05) is 0 Å². The van der Waals surface area contributed by atoms with Gasteiger partial charge in [0.15, 0.2) is 0 Å². The zero-order chi connectivity index (χ0) is 12.9. The van der Waals surface area contributed by atoms with Gasteiger partial charge in [0.25, 0.3) is 0 Å². The average Bonchev–Trinajstić information content (AvgIpc) is 2.27. The first-order valence-corrected chi connectivity index (χ1v) is 5.73. The van der Waals surface area contributed by atoms with Gasteiger partial charge in [-0.25, -0.2) is 4.79 Å². The predicted molar refractivity (Wildman–Crippen MR) is 64.2 cm³/mol. The maximum atomic E-state index is 12.4. The lowest BCUT2D eigenvalue weighted by molar-refractivity contribution is -0.161. The van der Waals surface area contributed by atoms with E-state index in [1.807, 2.05) is 12.1 Å². The summed E-state index contributed by atoms with van der Waals surface area (Å²) in [7, 11) is 0. The molecule has 0 aromatic heterocycles. The summed E-state index contributed by atoms with van der Waals surface area (Å²) in [4.78, 5) is 10.8. The van der Waals surface area contributed by atoms with E-state index in [4.69, 9.17) is 0 Å². The lowest BCUT2D eigenvalue weighted by atomic mass is 10.1. The Kier molecular flexibility index (Phi) is 4.93. The number of thiol groups is 1. The van der Waals surface area contributed by atoms with Gasteiger partial charge in [0.1, 0.15) is 6.61 Å². The van der Waals surface area contributed by atoms with Crippen LogP contribution in [0.25, 0.3) is 0 Å². The zero-order valence-corrected chi connectivity index (χ0v) is 10.3. The largest absolute Gasteiger partial charge is 0.456 e. The minimum Gasteiger partial charge on any atom is -0.456 e. The zero-order valence-electron chi connectivity index (χ0n) is 9.45. The van der Waals surface area contributed by atoms with E-state index in [0.717, 1.165) is 12.8 Å². The van der Waals surface area contributed by atoms with Crippen LogP contribution < -0.4 is 0 Å². The predicted octanol–water partition coefficient (Wildman–Crippen LogP) is 3.20. The second-order valence-corrected chi connectivity index (χ2v) is 4.25. The summed E-state index contributed by atoms with van der Waals surface area (Å²) in [6.45, 7) is 1.91. The molecule has 0 heterocycles. The molecule has 0 spiro atoms. The standard InChI is InChI=1S/C12H14F2O2S/c1-2-3-9-4-6-10(7-5-9)8-16-11(15)12(13,14)17/h4-7,17H,2-3,8H2,1H3. The molecule has 0 amide bonds. The molecule has 0 radical (unpaired) electrons. The molecular formula is C12H14F2O2S. The van der Waals surface area contributed by atoms with Gasteiger partial charge in [0.2, 0.25) is 0 Å². The van der Waals surface area contributed by atoms with Crippen molar-refractivity contribution in [1.29, 1.82) is 0 Å². The Hall–Kier alpha value is -1.10. The van der Waals surface area contributed by atoms with E-state index >= 15 is 0 Å². The van der Waals surface area contributed by atoms with E-state index in [2.05, 4.69) is 24.3 Å². The first kappa shape index (κ1) is 14.0. The molecule has 0 fully saturated rings. The number of rotatable bonds is 5. The van der Waals surface area contributed by atoms with Gasteiger partial charge in [-0.1, -0.05) is 50.2 Å². The minimum absolute atomic E-state index is 0.165. The molecule has 0 saturated heterocycles. The monoisotopic (exact) mass is 260 g/mol. The SMILES string of the molecule is CCCc1ccc(COC(=O)C(F)(F)S)cc1. The number of hydrogen-bond acceptors (Lipinski definition) is 3. The van der Waals surface area contributed by atoms with E-state index in [-0.39, 0.29) is 6.61 Å². The second-order valence-electron chi connectivity index (χ2n) is 3.68. The van der Waals surface area contributed by atoms with Crippen LogP contribution in [0, 0.1) is 0 Å². The lowest BCUT2D eigenvalue weighted by Gasteiger charge is -2.09. The first-order valence-electron chi connectivity index (χ1n) is 5.28. The Bertz CT molecular complexity index is 371. The van der Waals surface area contributed by atoms with Crippen LogP contribution in [0.2, 0.25) is 0 Å². The lowest BCUT2D eigenvalue weighted by Crippen LogP contribution is -2.24. The van der Waals surface area contributed by atoms with Crippen LogP contribution in [0.4, 0.5) is 8.78 Å². The molecule has 0 aliphatic carbocycles. The Morgan fingerprint density at radius 3 is 2.29 bits per heavy atom. The van der Waals surface area contributed by atoms with Gasteiger partial charge in [-0.3, -0.25) is 0 Å². The van der Waals surface area contributed by atoms with Gasteiger partial charge in [-0.2, -0.15) is 8.78 Å².